The number of ether oxygens (including phenoxy) is 1. The van der Waals surface area contributed by atoms with Crippen molar-refractivity contribution in [1.29, 1.82) is 0 Å². The number of halogens is 2. The predicted octanol–water partition coefficient (Wildman–Crippen LogP) is 4.45. The van der Waals surface area contributed by atoms with Gasteiger partial charge in [0, 0.05) is 41.4 Å². The molecule has 152 valence electrons. The van der Waals surface area contributed by atoms with Crippen LogP contribution in [-0.4, -0.2) is 40.4 Å². The van der Waals surface area contributed by atoms with Crippen molar-refractivity contribution in [2.24, 2.45) is 0 Å². The van der Waals surface area contributed by atoms with Crippen molar-refractivity contribution in [1.82, 2.24) is 15.1 Å². The van der Waals surface area contributed by atoms with Crippen LogP contribution in [0.3, 0.4) is 0 Å². The van der Waals surface area contributed by atoms with Crippen LogP contribution in [-0.2, 0) is 6.54 Å². The van der Waals surface area contributed by atoms with Crippen LogP contribution in [0.5, 0.6) is 11.5 Å². The molecule has 0 aliphatic carbocycles. The number of piperidine rings is 1. The van der Waals surface area contributed by atoms with E-state index in [1.54, 1.807) is 25.4 Å². The summed E-state index contributed by atoms with van der Waals surface area (Å²) in [6.07, 6.45) is 3.42. The van der Waals surface area contributed by atoms with Crippen molar-refractivity contribution in [3.63, 3.8) is 0 Å². The number of hydrogen-bond acceptors (Lipinski definition) is 4. The van der Waals surface area contributed by atoms with Gasteiger partial charge in [-0.05, 0) is 49.7 Å². The number of nitrogens with zero attached hydrogens (tertiary/aromatic N) is 2. The van der Waals surface area contributed by atoms with Crippen molar-refractivity contribution in [3.8, 4) is 22.6 Å². The number of rotatable bonds is 5. The molecule has 3 aromatic rings. The van der Waals surface area contributed by atoms with E-state index in [9.17, 15) is 13.9 Å². The Balaban J connectivity index is 1.58. The number of nitrogens with one attached hydrogen (secondary N) is 1. The van der Waals surface area contributed by atoms with Crippen molar-refractivity contribution < 1.29 is 18.6 Å². The van der Waals surface area contributed by atoms with Crippen molar-refractivity contribution in [3.05, 3.63) is 65.5 Å². The van der Waals surface area contributed by atoms with Crippen LogP contribution < -0.4 is 4.74 Å². The standard InChI is InChI=1S/C22H23F2N3O2/c1-29-21-6-2-5-20(28)18(21)13-27-9-3-4-14(12-27)22-17(11-25-26-22)16-10-15(23)7-8-19(16)24/h2,5-8,10-11,14,28H,3-4,9,12-13H2,1H3,(H,25,26)/t14-/m0/s1. The first-order valence-electron chi connectivity index (χ1n) is 9.62. The fourth-order valence-corrected chi connectivity index (χ4v) is 4.09. The summed E-state index contributed by atoms with van der Waals surface area (Å²) in [5.74, 6) is -0.00128. The van der Waals surface area contributed by atoms with E-state index in [0.717, 1.165) is 42.8 Å². The summed E-state index contributed by atoms with van der Waals surface area (Å²) in [5, 5.41) is 17.4. The van der Waals surface area contributed by atoms with Gasteiger partial charge in [-0.2, -0.15) is 5.10 Å². The first-order chi connectivity index (χ1) is 14.1. The maximum Gasteiger partial charge on any atom is 0.131 e. The molecule has 5 nitrogen and oxygen atoms in total. The second kappa shape index (κ2) is 8.21. The molecule has 1 fully saturated rings. The Kier molecular flexibility index (Phi) is 5.49. The Morgan fingerprint density at radius 2 is 2.10 bits per heavy atom. The van der Waals surface area contributed by atoms with Gasteiger partial charge in [0.05, 0.1) is 13.3 Å². The predicted molar refractivity (Wildman–Crippen MR) is 106 cm³/mol. The zero-order valence-corrected chi connectivity index (χ0v) is 16.2. The highest BCUT2D eigenvalue weighted by molar-refractivity contribution is 5.66. The summed E-state index contributed by atoms with van der Waals surface area (Å²) in [7, 11) is 1.59. The molecule has 0 amide bonds. The summed E-state index contributed by atoms with van der Waals surface area (Å²) >= 11 is 0. The first-order valence-corrected chi connectivity index (χ1v) is 9.62. The van der Waals surface area contributed by atoms with Gasteiger partial charge in [0.15, 0.2) is 0 Å². The molecule has 1 aromatic heterocycles. The third kappa shape index (κ3) is 3.96. The minimum absolute atomic E-state index is 0.0979. The second-order valence-electron chi connectivity index (χ2n) is 7.35. The fourth-order valence-electron chi connectivity index (χ4n) is 4.09. The van der Waals surface area contributed by atoms with Crippen LogP contribution >= 0.6 is 0 Å². The van der Waals surface area contributed by atoms with E-state index in [-0.39, 0.29) is 17.2 Å². The number of H-pyrrole nitrogens is 1. The van der Waals surface area contributed by atoms with Crippen LogP contribution in [0.25, 0.3) is 11.1 Å². The Labute approximate surface area is 167 Å². The van der Waals surface area contributed by atoms with Gasteiger partial charge in [-0.1, -0.05) is 6.07 Å². The number of phenols is 1. The molecule has 2 N–H and O–H groups in total. The number of benzene rings is 2. The zero-order chi connectivity index (χ0) is 20.4. The molecule has 7 heteroatoms. The maximum atomic E-state index is 14.3. The molecule has 1 atom stereocenters. The molecule has 0 spiro atoms. The van der Waals surface area contributed by atoms with E-state index in [1.165, 1.54) is 6.07 Å². The van der Waals surface area contributed by atoms with Crippen LogP contribution in [0, 0.1) is 11.6 Å². The van der Waals surface area contributed by atoms with Crippen molar-refractivity contribution >= 4 is 0 Å². The third-order valence-corrected chi connectivity index (χ3v) is 5.51. The Bertz CT molecular complexity index is 1010. The first kappa shape index (κ1) is 19.4. The molecular formula is C22H23F2N3O2. The molecule has 0 unspecified atom stereocenters. The van der Waals surface area contributed by atoms with Gasteiger partial charge in [-0.3, -0.25) is 10.00 Å². The normalized spacial score (nSPS) is 17.4. The molecule has 2 aromatic carbocycles. The zero-order valence-electron chi connectivity index (χ0n) is 16.2. The maximum absolute atomic E-state index is 14.3. The Hall–Kier alpha value is -2.93. The van der Waals surface area contributed by atoms with Gasteiger partial charge < -0.3 is 9.84 Å². The lowest BCUT2D eigenvalue weighted by atomic mass is 9.90. The lowest BCUT2D eigenvalue weighted by Gasteiger charge is -2.33. The smallest absolute Gasteiger partial charge is 0.131 e. The van der Waals surface area contributed by atoms with Crippen LogP contribution in [0.1, 0.15) is 30.0 Å². The average molecular weight is 399 g/mol. The molecule has 4 rings (SSSR count). The lowest BCUT2D eigenvalue weighted by Crippen LogP contribution is -2.34. The van der Waals surface area contributed by atoms with Gasteiger partial charge in [0.1, 0.15) is 23.1 Å². The van der Waals surface area contributed by atoms with Gasteiger partial charge in [0.2, 0.25) is 0 Å². The van der Waals surface area contributed by atoms with E-state index in [1.807, 2.05) is 6.07 Å². The highest BCUT2D eigenvalue weighted by Gasteiger charge is 2.27. The molecule has 1 aliphatic rings. The van der Waals surface area contributed by atoms with E-state index in [2.05, 4.69) is 15.1 Å². The third-order valence-electron chi connectivity index (χ3n) is 5.51. The van der Waals surface area contributed by atoms with Crippen LogP contribution in [0.15, 0.2) is 42.6 Å². The van der Waals surface area contributed by atoms with E-state index in [4.69, 9.17) is 4.74 Å². The fraction of sp³-hybridized carbons (Fsp3) is 0.318. The molecule has 0 saturated carbocycles. The SMILES string of the molecule is COc1cccc(O)c1CN1CCC[C@H](c2[nH]ncc2-c2cc(F)ccc2F)C1. The number of phenolic OH excluding ortho intramolecular Hbond substituents is 1. The minimum Gasteiger partial charge on any atom is -0.507 e. The van der Waals surface area contributed by atoms with E-state index < -0.39 is 11.6 Å². The second-order valence-corrected chi connectivity index (χ2v) is 7.35. The summed E-state index contributed by atoms with van der Waals surface area (Å²) in [5.41, 5.74) is 2.36. The molecule has 1 aliphatic heterocycles. The van der Waals surface area contributed by atoms with E-state index in [0.29, 0.717) is 24.4 Å². The molecule has 1 saturated heterocycles. The number of hydrogen-bond donors (Lipinski definition) is 2. The number of aromatic hydroxyl groups is 1. The quantitative estimate of drug-likeness (QED) is 0.666. The number of likely N-dealkylation sites (tertiary alicyclic amines) is 1. The molecule has 0 bridgehead atoms. The Morgan fingerprint density at radius 3 is 2.93 bits per heavy atom. The summed E-state index contributed by atoms with van der Waals surface area (Å²) < 4.78 is 33.4. The molecule has 29 heavy (non-hydrogen) atoms. The summed E-state index contributed by atoms with van der Waals surface area (Å²) in [4.78, 5) is 2.23. The molecule has 0 radical (unpaired) electrons. The molecular weight excluding hydrogens is 376 g/mol. The molecule has 2 heterocycles. The van der Waals surface area contributed by atoms with Crippen molar-refractivity contribution in [2.45, 2.75) is 25.3 Å². The van der Waals surface area contributed by atoms with Crippen LogP contribution in [0.4, 0.5) is 8.78 Å². The highest BCUT2D eigenvalue weighted by Crippen LogP contribution is 2.36. The van der Waals surface area contributed by atoms with Gasteiger partial charge in [-0.25, -0.2) is 8.78 Å². The van der Waals surface area contributed by atoms with Gasteiger partial charge >= 0.3 is 0 Å². The van der Waals surface area contributed by atoms with Crippen LogP contribution in [0.2, 0.25) is 0 Å². The van der Waals surface area contributed by atoms with Crippen molar-refractivity contribution in [2.75, 3.05) is 20.2 Å². The highest BCUT2D eigenvalue weighted by atomic mass is 19.1. The van der Waals surface area contributed by atoms with Gasteiger partial charge in [-0.15, -0.1) is 0 Å². The topological polar surface area (TPSA) is 61.4 Å². The largest absolute Gasteiger partial charge is 0.507 e. The minimum atomic E-state index is -0.481. The number of aromatic amines is 1. The lowest BCUT2D eigenvalue weighted by molar-refractivity contribution is 0.194. The Morgan fingerprint density at radius 1 is 1.24 bits per heavy atom. The number of aromatic nitrogens is 2. The number of methoxy groups -OCH3 is 1. The summed E-state index contributed by atoms with van der Waals surface area (Å²) in [6, 6.07) is 8.69. The van der Waals surface area contributed by atoms with Gasteiger partial charge in [0.25, 0.3) is 0 Å². The monoisotopic (exact) mass is 399 g/mol. The van der Waals surface area contributed by atoms with E-state index >= 15 is 0 Å². The average Bonchev–Trinajstić information content (AvgIpc) is 3.21. The summed E-state index contributed by atoms with van der Waals surface area (Å²) in [6.45, 7) is 2.14.